The number of hydrogen-bond acceptors (Lipinski definition) is 2. The topological polar surface area (TPSA) is 3.24 Å². The molecule has 0 aromatic rings. The molecule has 1 fully saturated rings. The standard InChI is InChI=1S/C11H22BrNS/c1-9-5-13(6-10(2)14-9)8-11(3,4)7-12/h9-10H,5-8H2,1-4H3. The van der Waals surface area contributed by atoms with E-state index in [1.807, 2.05) is 0 Å². The number of alkyl halides is 1. The predicted molar refractivity (Wildman–Crippen MR) is 70.5 cm³/mol. The molecule has 0 aliphatic carbocycles. The highest BCUT2D eigenvalue weighted by Crippen LogP contribution is 2.28. The predicted octanol–water partition coefficient (Wildman–Crippen LogP) is 3.23. The summed E-state index contributed by atoms with van der Waals surface area (Å²) >= 11 is 5.72. The van der Waals surface area contributed by atoms with Gasteiger partial charge in [-0.25, -0.2) is 0 Å². The van der Waals surface area contributed by atoms with Gasteiger partial charge in [-0.3, -0.25) is 0 Å². The first-order valence-electron chi connectivity index (χ1n) is 5.37. The molecule has 1 nitrogen and oxygen atoms in total. The molecule has 84 valence electrons. The van der Waals surface area contributed by atoms with E-state index in [-0.39, 0.29) is 0 Å². The van der Waals surface area contributed by atoms with Crippen molar-refractivity contribution in [2.75, 3.05) is 25.0 Å². The lowest BCUT2D eigenvalue weighted by Crippen LogP contribution is -2.45. The van der Waals surface area contributed by atoms with E-state index in [1.165, 1.54) is 19.6 Å². The maximum atomic E-state index is 3.60. The lowest BCUT2D eigenvalue weighted by Gasteiger charge is -2.38. The van der Waals surface area contributed by atoms with Gasteiger partial charge in [0.1, 0.15) is 0 Å². The smallest absolute Gasteiger partial charge is 0.0149 e. The zero-order chi connectivity index (χ0) is 10.8. The van der Waals surface area contributed by atoms with Crippen LogP contribution in [0, 0.1) is 5.41 Å². The maximum absolute atomic E-state index is 3.60. The minimum atomic E-state index is 0.404. The zero-order valence-corrected chi connectivity index (χ0v) is 12.1. The molecular weight excluding hydrogens is 258 g/mol. The Kier molecular flexibility index (Phi) is 4.79. The highest BCUT2D eigenvalue weighted by molar-refractivity contribution is 9.09. The second kappa shape index (κ2) is 5.22. The Labute approximate surface area is 101 Å². The molecule has 0 amide bonds. The van der Waals surface area contributed by atoms with Crippen LogP contribution in [-0.2, 0) is 0 Å². The molecule has 0 aromatic carbocycles. The number of halogens is 1. The van der Waals surface area contributed by atoms with Crippen molar-refractivity contribution >= 4 is 27.7 Å². The van der Waals surface area contributed by atoms with Crippen LogP contribution in [0.2, 0.25) is 0 Å². The Balaban J connectivity index is 2.44. The lowest BCUT2D eigenvalue weighted by atomic mass is 9.95. The summed E-state index contributed by atoms with van der Waals surface area (Å²) in [5.41, 5.74) is 0.404. The van der Waals surface area contributed by atoms with Gasteiger partial charge in [-0.1, -0.05) is 43.6 Å². The molecule has 2 unspecified atom stereocenters. The summed E-state index contributed by atoms with van der Waals surface area (Å²) in [6, 6.07) is 0. The van der Waals surface area contributed by atoms with Gasteiger partial charge in [-0.15, -0.1) is 0 Å². The lowest BCUT2D eigenvalue weighted by molar-refractivity contribution is 0.193. The van der Waals surface area contributed by atoms with Crippen LogP contribution in [0.1, 0.15) is 27.7 Å². The van der Waals surface area contributed by atoms with Crippen molar-refractivity contribution < 1.29 is 0 Å². The molecule has 0 aromatic heterocycles. The molecule has 1 aliphatic heterocycles. The molecule has 0 N–H and O–H groups in total. The van der Waals surface area contributed by atoms with Crippen molar-refractivity contribution in [3.8, 4) is 0 Å². The molecule has 0 spiro atoms. The van der Waals surface area contributed by atoms with Gasteiger partial charge < -0.3 is 4.90 Å². The second-order valence-electron chi connectivity index (χ2n) is 5.25. The van der Waals surface area contributed by atoms with Crippen LogP contribution in [0.4, 0.5) is 0 Å². The van der Waals surface area contributed by atoms with E-state index in [2.05, 4.69) is 60.3 Å². The first kappa shape index (κ1) is 12.9. The van der Waals surface area contributed by atoms with E-state index >= 15 is 0 Å². The van der Waals surface area contributed by atoms with Gasteiger partial charge >= 0.3 is 0 Å². The van der Waals surface area contributed by atoms with E-state index in [0.29, 0.717) is 5.41 Å². The van der Waals surface area contributed by atoms with Gasteiger partial charge in [0, 0.05) is 35.5 Å². The first-order valence-corrected chi connectivity index (χ1v) is 7.43. The number of hydrogen-bond donors (Lipinski definition) is 0. The van der Waals surface area contributed by atoms with Gasteiger partial charge in [0.25, 0.3) is 0 Å². The molecule has 14 heavy (non-hydrogen) atoms. The fraction of sp³-hybridized carbons (Fsp3) is 1.00. The van der Waals surface area contributed by atoms with Crippen LogP contribution in [0.5, 0.6) is 0 Å². The third kappa shape index (κ3) is 4.11. The van der Waals surface area contributed by atoms with E-state index in [0.717, 1.165) is 15.8 Å². The van der Waals surface area contributed by atoms with Crippen LogP contribution < -0.4 is 0 Å². The van der Waals surface area contributed by atoms with Gasteiger partial charge in [0.15, 0.2) is 0 Å². The fourth-order valence-electron chi connectivity index (χ4n) is 2.06. The van der Waals surface area contributed by atoms with E-state index in [1.54, 1.807) is 0 Å². The third-order valence-corrected chi connectivity index (χ3v) is 5.25. The van der Waals surface area contributed by atoms with E-state index in [9.17, 15) is 0 Å². The maximum Gasteiger partial charge on any atom is 0.0149 e. The Bertz CT molecular complexity index is 174. The van der Waals surface area contributed by atoms with Crippen molar-refractivity contribution in [1.29, 1.82) is 0 Å². The molecular formula is C11H22BrNS. The van der Waals surface area contributed by atoms with Crippen molar-refractivity contribution in [3.63, 3.8) is 0 Å². The minimum Gasteiger partial charge on any atom is -0.301 e. The Morgan fingerprint density at radius 2 is 1.79 bits per heavy atom. The third-order valence-electron chi connectivity index (χ3n) is 2.51. The normalized spacial score (nSPS) is 30.6. The summed E-state index contributed by atoms with van der Waals surface area (Å²) in [5, 5.41) is 2.68. The summed E-state index contributed by atoms with van der Waals surface area (Å²) in [6.07, 6.45) is 0. The monoisotopic (exact) mass is 279 g/mol. The highest BCUT2D eigenvalue weighted by atomic mass is 79.9. The van der Waals surface area contributed by atoms with Gasteiger partial charge in [0.05, 0.1) is 0 Å². The summed E-state index contributed by atoms with van der Waals surface area (Å²) in [4.78, 5) is 2.62. The molecule has 0 radical (unpaired) electrons. The van der Waals surface area contributed by atoms with Gasteiger partial charge in [-0.2, -0.15) is 11.8 Å². The summed E-state index contributed by atoms with van der Waals surface area (Å²) in [7, 11) is 0. The van der Waals surface area contributed by atoms with Crippen LogP contribution >= 0.6 is 27.7 Å². The zero-order valence-electron chi connectivity index (χ0n) is 9.72. The van der Waals surface area contributed by atoms with E-state index in [4.69, 9.17) is 0 Å². The summed E-state index contributed by atoms with van der Waals surface area (Å²) in [5.74, 6) is 0. The molecule has 1 heterocycles. The fourth-order valence-corrected chi connectivity index (χ4v) is 3.63. The van der Waals surface area contributed by atoms with Crippen molar-refractivity contribution in [3.05, 3.63) is 0 Å². The van der Waals surface area contributed by atoms with Crippen molar-refractivity contribution in [2.24, 2.45) is 5.41 Å². The summed E-state index contributed by atoms with van der Waals surface area (Å²) in [6.45, 7) is 13.1. The number of rotatable bonds is 3. The Hall–Kier alpha value is 0.790. The average molecular weight is 280 g/mol. The Morgan fingerprint density at radius 3 is 2.21 bits per heavy atom. The van der Waals surface area contributed by atoms with Crippen LogP contribution in [0.3, 0.4) is 0 Å². The number of nitrogens with zero attached hydrogens (tertiary/aromatic N) is 1. The van der Waals surface area contributed by atoms with Crippen molar-refractivity contribution in [1.82, 2.24) is 4.90 Å². The van der Waals surface area contributed by atoms with Crippen LogP contribution in [0.15, 0.2) is 0 Å². The molecule has 3 heteroatoms. The summed E-state index contributed by atoms with van der Waals surface area (Å²) < 4.78 is 0. The SMILES string of the molecule is CC1CN(CC(C)(C)CBr)CC(C)S1. The molecule has 1 saturated heterocycles. The minimum absolute atomic E-state index is 0.404. The van der Waals surface area contributed by atoms with Gasteiger partial charge in [-0.05, 0) is 5.41 Å². The van der Waals surface area contributed by atoms with Crippen LogP contribution in [-0.4, -0.2) is 40.4 Å². The largest absolute Gasteiger partial charge is 0.301 e. The molecule has 1 rings (SSSR count). The van der Waals surface area contributed by atoms with Crippen molar-refractivity contribution in [2.45, 2.75) is 38.2 Å². The average Bonchev–Trinajstić information content (AvgIpc) is 2.01. The van der Waals surface area contributed by atoms with E-state index < -0.39 is 0 Å². The molecule has 1 aliphatic rings. The molecule has 0 saturated carbocycles. The second-order valence-corrected chi connectivity index (χ2v) is 7.69. The molecule has 0 bridgehead atoms. The van der Waals surface area contributed by atoms with Gasteiger partial charge in [0.2, 0.25) is 0 Å². The first-order chi connectivity index (χ1) is 6.43. The highest BCUT2D eigenvalue weighted by Gasteiger charge is 2.27. The molecule has 2 atom stereocenters. The van der Waals surface area contributed by atoms with Crippen LogP contribution in [0.25, 0.3) is 0 Å². The number of thioether (sulfide) groups is 1. The quantitative estimate of drug-likeness (QED) is 0.730. The Morgan fingerprint density at radius 1 is 1.29 bits per heavy atom.